The molecule has 1 N–H and O–H groups in total. The first-order valence-electron chi connectivity index (χ1n) is 3.79. The van der Waals surface area contributed by atoms with Gasteiger partial charge in [-0.3, -0.25) is 10.3 Å². The first-order chi connectivity index (χ1) is 5.54. The zero-order chi connectivity index (χ0) is 9.30. The van der Waals surface area contributed by atoms with Crippen LogP contribution in [0.5, 0.6) is 0 Å². The molecule has 0 saturated carbocycles. The minimum atomic E-state index is -0.0752. The molecule has 1 saturated heterocycles. The molecule has 1 heterocycles. The van der Waals surface area contributed by atoms with E-state index in [4.69, 9.17) is 5.41 Å². The second-order valence-electron chi connectivity index (χ2n) is 2.98. The van der Waals surface area contributed by atoms with E-state index in [0.717, 1.165) is 0 Å². The van der Waals surface area contributed by atoms with Gasteiger partial charge in [0.05, 0.1) is 5.88 Å². The number of urea groups is 1. The summed E-state index contributed by atoms with van der Waals surface area (Å²) in [6, 6.07) is 0.134. The number of nitrogens with one attached hydrogen (secondary N) is 1. The van der Waals surface area contributed by atoms with Crippen LogP contribution < -0.4 is 0 Å². The molecule has 0 bridgehead atoms. The van der Waals surface area contributed by atoms with Crippen molar-refractivity contribution in [1.82, 2.24) is 9.80 Å². The molecule has 0 aliphatic carbocycles. The smallest absolute Gasteiger partial charge is 0.312 e. The second-order valence-corrected chi connectivity index (χ2v) is 3.92. The van der Waals surface area contributed by atoms with Gasteiger partial charge >= 0.3 is 6.03 Å². The predicted octanol–water partition coefficient (Wildman–Crippen LogP) is 1.39. The Hall–Kier alpha value is -0.710. The molecule has 1 aliphatic heterocycles. The van der Waals surface area contributed by atoms with Crippen molar-refractivity contribution in [2.24, 2.45) is 0 Å². The van der Waals surface area contributed by atoms with Gasteiger partial charge < -0.3 is 4.90 Å². The summed E-state index contributed by atoms with van der Waals surface area (Å²) in [7, 11) is 1.63. The van der Waals surface area contributed by atoms with Gasteiger partial charge in [0.2, 0.25) is 0 Å². The molecule has 5 heteroatoms. The maximum absolute atomic E-state index is 11.5. The van der Waals surface area contributed by atoms with E-state index in [-0.39, 0.29) is 12.1 Å². The van der Waals surface area contributed by atoms with Crippen molar-refractivity contribution in [1.29, 1.82) is 5.41 Å². The summed E-state index contributed by atoms with van der Waals surface area (Å²) >= 11 is 1.38. The topological polar surface area (TPSA) is 47.4 Å². The molecule has 1 rings (SSSR count). The van der Waals surface area contributed by atoms with Gasteiger partial charge in [0, 0.05) is 13.1 Å². The van der Waals surface area contributed by atoms with E-state index in [2.05, 4.69) is 0 Å². The molecular weight excluding hydrogens is 174 g/mol. The first kappa shape index (κ1) is 9.38. The number of thioether (sulfide) groups is 1. The molecule has 0 radical (unpaired) electrons. The van der Waals surface area contributed by atoms with Crippen LogP contribution in [0.25, 0.3) is 0 Å². The van der Waals surface area contributed by atoms with Crippen LogP contribution in [0.4, 0.5) is 4.79 Å². The van der Waals surface area contributed by atoms with Gasteiger partial charge in [-0.15, -0.1) is 0 Å². The van der Waals surface area contributed by atoms with E-state index in [9.17, 15) is 4.79 Å². The summed E-state index contributed by atoms with van der Waals surface area (Å²) < 4.78 is 0. The first-order valence-corrected chi connectivity index (χ1v) is 4.78. The summed E-state index contributed by atoms with van der Waals surface area (Å²) in [5, 5.41) is 7.73. The molecule has 68 valence electrons. The fraction of sp³-hybridized carbons (Fsp3) is 0.714. The Balaban J connectivity index is 2.72. The van der Waals surface area contributed by atoms with E-state index in [1.54, 1.807) is 11.9 Å². The van der Waals surface area contributed by atoms with Crippen LogP contribution in [0.2, 0.25) is 0 Å². The Kier molecular flexibility index (Phi) is 2.62. The van der Waals surface area contributed by atoms with Crippen LogP contribution in [0.1, 0.15) is 13.8 Å². The molecule has 1 fully saturated rings. The highest BCUT2D eigenvalue weighted by Crippen LogP contribution is 2.19. The Labute approximate surface area is 76.4 Å². The van der Waals surface area contributed by atoms with E-state index < -0.39 is 0 Å². The Bertz CT molecular complexity index is 217. The Morgan fingerprint density at radius 3 is 2.67 bits per heavy atom. The maximum atomic E-state index is 11.5. The standard InChI is InChI=1S/C7H13N3OS/c1-5(2)10-4-12-6(8)9(3)7(10)11/h5,8H,4H2,1-3H3. The number of rotatable bonds is 1. The Morgan fingerprint density at radius 1 is 1.58 bits per heavy atom. The highest BCUT2D eigenvalue weighted by atomic mass is 32.2. The maximum Gasteiger partial charge on any atom is 0.326 e. The van der Waals surface area contributed by atoms with E-state index >= 15 is 0 Å². The van der Waals surface area contributed by atoms with Crippen molar-refractivity contribution in [3.05, 3.63) is 0 Å². The summed E-state index contributed by atoms with van der Waals surface area (Å²) in [6.07, 6.45) is 0. The average molecular weight is 187 g/mol. The molecule has 0 aromatic heterocycles. The van der Waals surface area contributed by atoms with Crippen LogP contribution in [-0.2, 0) is 0 Å². The molecule has 0 aromatic carbocycles. The summed E-state index contributed by atoms with van der Waals surface area (Å²) in [5.41, 5.74) is 0. The fourth-order valence-corrected chi connectivity index (χ4v) is 1.87. The minimum Gasteiger partial charge on any atom is -0.312 e. The molecule has 0 aromatic rings. The van der Waals surface area contributed by atoms with Crippen molar-refractivity contribution in [2.75, 3.05) is 12.9 Å². The molecule has 12 heavy (non-hydrogen) atoms. The molecule has 0 spiro atoms. The highest BCUT2D eigenvalue weighted by molar-refractivity contribution is 8.13. The lowest BCUT2D eigenvalue weighted by Gasteiger charge is -2.35. The van der Waals surface area contributed by atoms with E-state index in [1.807, 2.05) is 13.8 Å². The highest BCUT2D eigenvalue weighted by Gasteiger charge is 2.28. The average Bonchev–Trinajstić information content (AvgIpc) is 2.00. The van der Waals surface area contributed by atoms with Crippen molar-refractivity contribution < 1.29 is 4.79 Å². The third-order valence-electron chi connectivity index (χ3n) is 1.80. The monoisotopic (exact) mass is 187 g/mol. The van der Waals surface area contributed by atoms with Crippen molar-refractivity contribution in [2.45, 2.75) is 19.9 Å². The van der Waals surface area contributed by atoms with Crippen LogP contribution in [0.15, 0.2) is 0 Å². The van der Waals surface area contributed by atoms with Gasteiger partial charge in [0.15, 0.2) is 5.17 Å². The SMILES string of the molecule is CC(C)N1CSC(=N)N(C)C1=O. The van der Waals surface area contributed by atoms with E-state index in [0.29, 0.717) is 11.0 Å². The number of hydrogen-bond donors (Lipinski definition) is 1. The van der Waals surface area contributed by atoms with Gasteiger partial charge in [-0.1, -0.05) is 11.8 Å². The van der Waals surface area contributed by atoms with Gasteiger partial charge in [-0.05, 0) is 13.8 Å². The van der Waals surface area contributed by atoms with Crippen molar-refractivity contribution in [3.63, 3.8) is 0 Å². The second kappa shape index (κ2) is 3.35. The number of carbonyl (C=O) groups excluding carboxylic acids is 1. The molecule has 0 unspecified atom stereocenters. The molecule has 0 atom stereocenters. The third kappa shape index (κ3) is 1.55. The van der Waals surface area contributed by atoms with Crippen LogP contribution in [0.3, 0.4) is 0 Å². The van der Waals surface area contributed by atoms with Gasteiger partial charge in [-0.2, -0.15) is 0 Å². The van der Waals surface area contributed by atoms with Crippen molar-refractivity contribution in [3.8, 4) is 0 Å². The fourth-order valence-electron chi connectivity index (χ4n) is 0.932. The predicted molar refractivity (Wildman–Crippen MR) is 50.3 cm³/mol. The number of carbonyl (C=O) groups is 1. The number of nitrogens with zero attached hydrogens (tertiary/aromatic N) is 2. The lowest BCUT2D eigenvalue weighted by Crippen LogP contribution is -2.50. The summed E-state index contributed by atoms with van der Waals surface area (Å²) in [4.78, 5) is 14.6. The van der Waals surface area contributed by atoms with Gasteiger partial charge in [0.1, 0.15) is 0 Å². The van der Waals surface area contributed by atoms with Crippen LogP contribution in [0, 0.1) is 5.41 Å². The lowest BCUT2D eigenvalue weighted by atomic mass is 10.3. The Morgan fingerprint density at radius 2 is 2.17 bits per heavy atom. The van der Waals surface area contributed by atoms with Crippen LogP contribution in [-0.4, -0.2) is 40.0 Å². The number of hydrogen-bond acceptors (Lipinski definition) is 3. The third-order valence-corrected chi connectivity index (χ3v) is 2.76. The zero-order valence-corrected chi connectivity index (χ0v) is 8.31. The molecular formula is C7H13N3OS. The normalized spacial score (nSPS) is 19.3. The largest absolute Gasteiger partial charge is 0.326 e. The van der Waals surface area contributed by atoms with Crippen molar-refractivity contribution >= 4 is 23.0 Å². The van der Waals surface area contributed by atoms with Gasteiger partial charge in [-0.25, -0.2) is 4.79 Å². The van der Waals surface area contributed by atoms with Crippen LogP contribution >= 0.6 is 11.8 Å². The number of amides is 2. The van der Waals surface area contributed by atoms with Gasteiger partial charge in [0.25, 0.3) is 0 Å². The molecule has 1 aliphatic rings. The zero-order valence-electron chi connectivity index (χ0n) is 7.50. The molecule has 4 nitrogen and oxygen atoms in total. The molecule has 2 amide bonds. The quantitative estimate of drug-likeness (QED) is 0.674. The lowest BCUT2D eigenvalue weighted by molar-refractivity contribution is 0.176. The van der Waals surface area contributed by atoms with E-state index in [1.165, 1.54) is 16.7 Å². The summed E-state index contributed by atoms with van der Waals surface area (Å²) in [5.74, 6) is 0.597. The minimum absolute atomic E-state index is 0.0752. The summed E-state index contributed by atoms with van der Waals surface area (Å²) in [6.45, 7) is 3.95. The number of amidine groups is 1.